The predicted molar refractivity (Wildman–Crippen MR) is 87.0 cm³/mol. The first-order valence-corrected chi connectivity index (χ1v) is 11.1. The van der Waals surface area contributed by atoms with Crippen molar-refractivity contribution in [2.45, 2.75) is 76.7 Å². The molecule has 0 unspecified atom stereocenters. The van der Waals surface area contributed by atoms with Crippen LogP contribution in [0.4, 0.5) is 0 Å². The van der Waals surface area contributed by atoms with Crippen LogP contribution in [0, 0.1) is 0 Å². The van der Waals surface area contributed by atoms with Crippen molar-refractivity contribution in [1.29, 1.82) is 0 Å². The summed E-state index contributed by atoms with van der Waals surface area (Å²) in [5, 5.41) is 0.112. The molecule has 2 atom stereocenters. The van der Waals surface area contributed by atoms with E-state index in [1.807, 2.05) is 0 Å². The molecule has 2 aliphatic heterocycles. The monoisotopic (exact) mass is 327 g/mol. The Balaban J connectivity index is 2.17. The highest BCUT2D eigenvalue weighted by atomic mass is 28.4. The first-order valence-electron chi connectivity index (χ1n) is 8.19. The maximum Gasteiger partial charge on any atom is 0.332 e. The lowest BCUT2D eigenvalue weighted by Crippen LogP contribution is -2.48. The van der Waals surface area contributed by atoms with Gasteiger partial charge in [-0.3, -0.25) is 4.79 Å². The second-order valence-corrected chi connectivity index (χ2v) is 12.7. The Morgan fingerprint density at radius 1 is 1.41 bits per heavy atom. The minimum atomic E-state index is -1.92. The number of carbonyl (C=O) groups is 2. The summed E-state index contributed by atoms with van der Waals surface area (Å²) < 4.78 is 11.7. The normalized spacial score (nSPS) is 28.9. The number of ether oxygens (including phenoxy) is 1. The molecule has 2 saturated heterocycles. The van der Waals surface area contributed by atoms with Crippen molar-refractivity contribution in [2.24, 2.45) is 0 Å². The van der Waals surface area contributed by atoms with Gasteiger partial charge in [-0.2, -0.15) is 0 Å². The molecule has 2 fully saturated rings. The average Bonchev–Trinajstić information content (AvgIpc) is 2.87. The summed E-state index contributed by atoms with van der Waals surface area (Å²) in [4.78, 5) is 26.3. The first kappa shape index (κ1) is 17.5. The molecule has 5 nitrogen and oxygen atoms in total. The van der Waals surface area contributed by atoms with Gasteiger partial charge in [0.25, 0.3) is 0 Å². The van der Waals surface area contributed by atoms with Crippen LogP contribution in [-0.2, 0) is 18.8 Å². The molecule has 2 heterocycles. The molecule has 0 saturated carbocycles. The molecule has 6 heteroatoms. The number of hydrogen-bond donors (Lipinski definition) is 0. The van der Waals surface area contributed by atoms with E-state index < -0.39 is 13.9 Å². The molecule has 0 aromatic carbocycles. The maximum atomic E-state index is 12.4. The Bertz CT molecular complexity index is 471. The Hall–Kier alpha value is -0.883. The second-order valence-electron chi connectivity index (χ2n) is 7.96. The van der Waals surface area contributed by atoms with Crippen LogP contribution in [0.5, 0.6) is 0 Å². The lowest BCUT2D eigenvalue weighted by atomic mass is 9.93. The van der Waals surface area contributed by atoms with Gasteiger partial charge < -0.3 is 14.1 Å². The van der Waals surface area contributed by atoms with Crippen LogP contribution in [0.2, 0.25) is 18.1 Å². The van der Waals surface area contributed by atoms with Crippen molar-refractivity contribution in [3.05, 3.63) is 0 Å². The van der Waals surface area contributed by atoms with E-state index in [0.29, 0.717) is 32.4 Å². The minimum absolute atomic E-state index is 0.0504. The molecular weight excluding hydrogens is 298 g/mol. The third-order valence-corrected chi connectivity index (χ3v) is 9.98. The molecule has 0 N–H and O–H groups in total. The molecule has 0 spiro atoms. The zero-order valence-electron chi connectivity index (χ0n) is 14.7. The van der Waals surface area contributed by atoms with E-state index in [0.717, 1.165) is 0 Å². The highest BCUT2D eigenvalue weighted by Gasteiger charge is 2.59. The Morgan fingerprint density at radius 2 is 2.05 bits per heavy atom. The zero-order chi connectivity index (χ0) is 16.8. The van der Waals surface area contributed by atoms with Gasteiger partial charge in [0.2, 0.25) is 5.91 Å². The highest BCUT2D eigenvalue weighted by Crippen LogP contribution is 2.45. The number of nitrogens with zero attached hydrogens (tertiary/aromatic N) is 1. The van der Waals surface area contributed by atoms with Crippen LogP contribution in [-0.4, -0.2) is 49.9 Å². The SMILES string of the molecule is CCOC(=O)[C@]12CCC(=O)N1C[C@@H](O[Si](C)(C)C(C)(C)C)C2. The van der Waals surface area contributed by atoms with E-state index in [9.17, 15) is 9.59 Å². The second kappa shape index (κ2) is 5.64. The van der Waals surface area contributed by atoms with E-state index in [4.69, 9.17) is 9.16 Å². The number of esters is 1. The van der Waals surface area contributed by atoms with Gasteiger partial charge in [-0.1, -0.05) is 20.8 Å². The predicted octanol–water partition coefficient (Wildman–Crippen LogP) is 2.70. The summed E-state index contributed by atoms with van der Waals surface area (Å²) in [7, 11) is -1.92. The Morgan fingerprint density at radius 3 is 2.59 bits per heavy atom. The molecular formula is C16H29NO4Si. The van der Waals surface area contributed by atoms with Crippen LogP contribution in [0.25, 0.3) is 0 Å². The van der Waals surface area contributed by atoms with E-state index >= 15 is 0 Å². The summed E-state index contributed by atoms with van der Waals surface area (Å²) in [5.41, 5.74) is -0.778. The molecule has 1 amide bonds. The Kier molecular flexibility index (Phi) is 4.48. The zero-order valence-corrected chi connectivity index (χ0v) is 15.7. The van der Waals surface area contributed by atoms with Crippen LogP contribution < -0.4 is 0 Å². The molecule has 2 rings (SSSR count). The summed E-state index contributed by atoms with van der Waals surface area (Å²) in [6, 6.07) is 0. The van der Waals surface area contributed by atoms with E-state index in [2.05, 4.69) is 33.9 Å². The van der Waals surface area contributed by atoms with Gasteiger partial charge in [-0.05, 0) is 31.5 Å². The molecule has 22 heavy (non-hydrogen) atoms. The van der Waals surface area contributed by atoms with Gasteiger partial charge in [-0.25, -0.2) is 4.79 Å². The fraction of sp³-hybridized carbons (Fsp3) is 0.875. The van der Waals surface area contributed by atoms with Gasteiger partial charge in [0.05, 0.1) is 12.7 Å². The van der Waals surface area contributed by atoms with Crippen molar-refractivity contribution >= 4 is 20.2 Å². The quantitative estimate of drug-likeness (QED) is 0.588. The third kappa shape index (κ3) is 2.83. The number of rotatable bonds is 4. The molecule has 0 aliphatic carbocycles. The number of carbonyl (C=O) groups excluding carboxylic acids is 2. The molecule has 126 valence electrons. The van der Waals surface area contributed by atoms with Gasteiger partial charge >= 0.3 is 5.97 Å². The first-order chi connectivity index (χ1) is 10.0. The fourth-order valence-corrected chi connectivity index (χ4v) is 4.53. The third-order valence-electron chi connectivity index (χ3n) is 5.44. The number of amides is 1. The summed E-state index contributed by atoms with van der Waals surface area (Å²) in [5.74, 6) is -0.212. The molecule has 0 aromatic rings. The maximum absolute atomic E-state index is 12.4. The molecule has 0 bridgehead atoms. The highest BCUT2D eigenvalue weighted by molar-refractivity contribution is 6.74. The van der Waals surface area contributed by atoms with E-state index in [-0.39, 0.29) is 23.0 Å². The van der Waals surface area contributed by atoms with Crippen LogP contribution in [0.15, 0.2) is 0 Å². The van der Waals surface area contributed by atoms with Gasteiger partial charge in [0.15, 0.2) is 8.32 Å². The Labute approximate surface area is 134 Å². The summed E-state index contributed by atoms with van der Waals surface area (Å²) in [6.45, 7) is 13.7. The fourth-order valence-electron chi connectivity index (χ4n) is 3.19. The van der Waals surface area contributed by atoms with Gasteiger partial charge in [0.1, 0.15) is 5.54 Å². The molecule has 2 aliphatic rings. The lowest BCUT2D eigenvalue weighted by Gasteiger charge is -2.38. The summed E-state index contributed by atoms with van der Waals surface area (Å²) >= 11 is 0. The van der Waals surface area contributed by atoms with Crippen LogP contribution in [0.3, 0.4) is 0 Å². The van der Waals surface area contributed by atoms with Crippen molar-refractivity contribution in [3.8, 4) is 0 Å². The van der Waals surface area contributed by atoms with Crippen molar-refractivity contribution in [1.82, 2.24) is 4.90 Å². The van der Waals surface area contributed by atoms with Gasteiger partial charge in [0, 0.05) is 19.4 Å². The van der Waals surface area contributed by atoms with E-state index in [1.165, 1.54) is 0 Å². The van der Waals surface area contributed by atoms with Crippen LogP contribution in [0.1, 0.15) is 47.0 Å². The van der Waals surface area contributed by atoms with Crippen molar-refractivity contribution < 1.29 is 18.8 Å². The minimum Gasteiger partial charge on any atom is -0.464 e. The lowest BCUT2D eigenvalue weighted by molar-refractivity contribution is -0.157. The van der Waals surface area contributed by atoms with E-state index in [1.54, 1.807) is 11.8 Å². The largest absolute Gasteiger partial charge is 0.464 e. The number of fused-ring (bicyclic) bond motifs is 1. The van der Waals surface area contributed by atoms with Crippen molar-refractivity contribution in [3.63, 3.8) is 0 Å². The smallest absolute Gasteiger partial charge is 0.332 e. The van der Waals surface area contributed by atoms with Crippen molar-refractivity contribution in [2.75, 3.05) is 13.2 Å². The molecule has 0 radical (unpaired) electrons. The standard InChI is InChI=1S/C16H29NO4Si/c1-7-20-14(19)16-9-8-13(18)17(16)11-12(10-16)21-22(5,6)15(2,3)4/h12H,7-11H2,1-6H3/t12-,16+/m0/s1. The molecule has 0 aromatic heterocycles. The number of hydrogen-bond acceptors (Lipinski definition) is 4. The van der Waals surface area contributed by atoms with Gasteiger partial charge in [-0.15, -0.1) is 0 Å². The topological polar surface area (TPSA) is 55.8 Å². The summed E-state index contributed by atoms with van der Waals surface area (Å²) in [6.07, 6.45) is 1.51. The average molecular weight is 327 g/mol. The van der Waals surface area contributed by atoms with Crippen LogP contribution >= 0.6 is 0 Å².